The highest BCUT2D eigenvalue weighted by atomic mass is 32.3. The van der Waals surface area contributed by atoms with E-state index in [1.54, 1.807) is 48.2 Å². The van der Waals surface area contributed by atoms with Crippen molar-refractivity contribution in [3.8, 4) is 0 Å². The molecule has 8 heteroatoms. The standard InChI is InChI=1S/C29H37NO4S3/c1-3-4-5-6-7-10-15-27(35-26-22-20-25(2)21-23-26)24-30(36(31,32)28-16-11-8-12-17-28)37(33,34)29-18-13-9-14-19-29/h8-9,11-14,16-23,27H,3-7,10,15,24H2,1-2H3. The van der Waals surface area contributed by atoms with Crippen LogP contribution in [0.2, 0.25) is 0 Å². The van der Waals surface area contributed by atoms with Crippen LogP contribution in [-0.4, -0.2) is 32.3 Å². The van der Waals surface area contributed by atoms with Crippen molar-refractivity contribution in [1.29, 1.82) is 0 Å². The number of thioether (sulfide) groups is 1. The van der Waals surface area contributed by atoms with Gasteiger partial charge in [-0.2, -0.15) is 0 Å². The molecule has 0 aromatic heterocycles. The van der Waals surface area contributed by atoms with Crippen molar-refractivity contribution in [2.45, 2.75) is 78.7 Å². The van der Waals surface area contributed by atoms with Crippen LogP contribution >= 0.6 is 11.8 Å². The summed E-state index contributed by atoms with van der Waals surface area (Å²) in [4.78, 5) is 0.928. The molecule has 0 saturated carbocycles. The number of sulfonamides is 2. The van der Waals surface area contributed by atoms with Gasteiger partial charge in [0.15, 0.2) is 0 Å². The number of nitrogens with zero attached hydrogens (tertiary/aromatic N) is 1. The van der Waals surface area contributed by atoms with E-state index in [0.717, 1.165) is 36.1 Å². The molecule has 0 radical (unpaired) electrons. The summed E-state index contributed by atoms with van der Waals surface area (Å²) in [5.41, 5.74) is 1.14. The second-order valence-electron chi connectivity index (χ2n) is 9.20. The third kappa shape index (κ3) is 8.43. The topological polar surface area (TPSA) is 71.5 Å². The monoisotopic (exact) mass is 559 g/mol. The lowest BCUT2D eigenvalue weighted by molar-refractivity contribution is 0.482. The first-order chi connectivity index (χ1) is 17.7. The Morgan fingerprint density at radius 2 is 1.16 bits per heavy atom. The van der Waals surface area contributed by atoms with Crippen molar-refractivity contribution < 1.29 is 16.8 Å². The summed E-state index contributed by atoms with van der Waals surface area (Å²) < 4.78 is 55.8. The molecule has 1 atom stereocenters. The highest BCUT2D eigenvalue weighted by molar-refractivity contribution is 8.04. The van der Waals surface area contributed by atoms with E-state index >= 15 is 0 Å². The molecule has 0 N–H and O–H groups in total. The van der Waals surface area contributed by atoms with Gasteiger partial charge in [-0.15, -0.1) is 11.8 Å². The number of rotatable bonds is 15. The Bertz CT molecular complexity index is 1220. The first-order valence-corrected chi connectivity index (χ1v) is 16.6. The smallest absolute Gasteiger partial charge is 0.206 e. The molecule has 1 unspecified atom stereocenters. The highest BCUT2D eigenvalue weighted by Gasteiger charge is 2.38. The number of hydrogen-bond acceptors (Lipinski definition) is 5. The lowest BCUT2D eigenvalue weighted by atomic mass is 10.1. The van der Waals surface area contributed by atoms with Crippen molar-refractivity contribution in [2.75, 3.05) is 6.54 Å². The second kappa shape index (κ2) is 14.1. The molecule has 3 rings (SSSR count). The fourth-order valence-electron chi connectivity index (χ4n) is 4.06. The Morgan fingerprint density at radius 3 is 1.68 bits per heavy atom. The maximum absolute atomic E-state index is 13.8. The second-order valence-corrected chi connectivity index (χ2v) is 14.5. The summed E-state index contributed by atoms with van der Waals surface area (Å²) in [7, 11) is -8.62. The van der Waals surface area contributed by atoms with E-state index in [-0.39, 0.29) is 21.6 Å². The number of benzene rings is 3. The molecule has 0 amide bonds. The molecule has 0 saturated heterocycles. The minimum atomic E-state index is -4.31. The molecule has 0 aliphatic rings. The van der Waals surface area contributed by atoms with E-state index in [9.17, 15) is 16.8 Å². The van der Waals surface area contributed by atoms with Crippen LogP contribution in [0.4, 0.5) is 0 Å². The summed E-state index contributed by atoms with van der Waals surface area (Å²) in [6.45, 7) is 4.06. The third-order valence-electron chi connectivity index (χ3n) is 6.17. The van der Waals surface area contributed by atoms with Crippen LogP contribution in [0.15, 0.2) is 99.6 Å². The van der Waals surface area contributed by atoms with Gasteiger partial charge in [-0.25, -0.2) is 16.8 Å². The van der Waals surface area contributed by atoms with Crippen LogP contribution < -0.4 is 0 Å². The first kappa shape index (κ1) is 29.4. The SMILES string of the molecule is CCCCCCCCC(CN(S(=O)(=O)c1ccccc1)S(=O)(=O)c1ccccc1)Sc1ccc(C)cc1. The van der Waals surface area contributed by atoms with Crippen molar-refractivity contribution in [3.63, 3.8) is 0 Å². The summed E-state index contributed by atoms with van der Waals surface area (Å²) in [5.74, 6) is 0. The van der Waals surface area contributed by atoms with Gasteiger partial charge in [-0.3, -0.25) is 0 Å². The fraction of sp³-hybridized carbons (Fsp3) is 0.379. The molecule has 0 aliphatic heterocycles. The van der Waals surface area contributed by atoms with E-state index in [1.807, 2.05) is 31.2 Å². The minimum absolute atomic E-state index is 0.0341. The molecule has 0 heterocycles. The van der Waals surface area contributed by atoms with Gasteiger partial charge < -0.3 is 0 Å². The van der Waals surface area contributed by atoms with Gasteiger partial charge in [-0.05, 0) is 49.7 Å². The van der Waals surface area contributed by atoms with E-state index in [2.05, 4.69) is 6.92 Å². The van der Waals surface area contributed by atoms with Gasteiger partial charge in [0.25, 0.3) is 20.0 Å². The van der Waals surface area contributed by atoms with Gasteiger partial charge in [0.05, 0.1) is 9.79 Å². The average molecular weight is 560 g/mol. The van der Waals surface area contributed by atoms with Gasteiger partial charge in [-0.1, -0.05) is 103 Å². The largest absolute Gasteiger partial charge is 0.256 e. The van der Waals surface area contributed by atoms with Gasteiger partial charge >= 0.3 is 0 Å². The van der Waals surface area contributed by atoms with Crippen LogP contribution in [0.1, 0.15) is 57.4 Å². The maximum atomic E-state index is 13.8. The van der Waals surface area contributed by atoms with Crippen LogP contribution in [0.5, 0.6) is 0 Å². The maximum Gasteiger partial charge on any atom is 0.256 e. The predicted octanol–water partition coefficient (Wildman–Crippen LogP) is 7.29. The van der Waals surface area contributed by atoms with Gasteiger partial charge in [0.2, 0.25) is 0 Å². The molecule has 200 valence electrons. The first-order valence-electron chi connectivity index (χ1n) is 12.9. The molecular weight excluding hydrogens is 523 g/mol. The van der Waals surface area contributed by atoms with Crippen LogP contribution in [0, 0.1) is 6.92 Å². The zero-order chi connectivity index (χ0) is 26.7. The normalized spacial score (nSPS) is 13.1. The summed E-state index contributed by atoms with van der Waals surface area (Å²) in [6.07, 6.45) is 7.37. The molecule has 3 aromatic carbocycles. The zero-order valence-corrected chi connectivity index (χ0v) is 24.1. The number of unbranched alkanes of at least 4 members (excludes halogenated alkanes) is 5. The molecule has 3 aromatic rings. The lowest BCUT2D eigenvalue weighted by Gasteiger charge is -2.27. The molecule has 5 nitrogen and oxygen atoms in total. The number of hydrogen-bond donors (Lipinski definition) is 0. The van der Waals surface area contributed by atoms with Gasteiger partial charge in [0.1, 0.15) is 0 Å². The van der Waals surface area contributed by atoms with Crippen molar-refractivity contribution >= 4 is 31.8 Å². The fourth-order valence-corrected chi connectivity index (χ4v) is 9.21. The van der Waals surface area contributed by atoms with Crippen molar-refractivity contribution in [1.82, 2.24) is 3.71 Å². The van der Waals surface area contributed by atoms with Crippen LogP contribution in [0.3, 0.4) is 0 Å². The molecule has 0 aliphatic carbocycles. The Labute approximate surface area is 227 Å². The van der Waals surface area contributed by atoms with Crippen LogP contribution in [-0.2, 0) is 20.0 Å². The summed E-state index contributed by atoms with van der Waals surface area (Å²) in [6, 6.07) is 23.7. The highest BCUT2D eigenvalue weighted by Crippen LogP contribution is 2.32. The average Bonchev–Trinajstić information content (AvgIpc) is 2.91. The molecule has 0 fully saturated rings. The summed E-state index contributed by atoms with van der Waals surface area (Å²) in [5, 5.41) is -0.231. The third-order valence-corrected chi connectivity index (χ3v) is 11.7. The van der Waals surface area contributed by atoms with Crippen molar-refractivity contribution in [3.05, 3.63) is 90.5 Å². The van der Waals surface area contributed by atoms with E-state index in [0.29, 0.717) is 3.71 Å². The molecule has 37 heavy (non-hydrogen) atoms. The van der Waals surface area contributed by atoms with Gasteiger partial charge in [0, 0.05) is 16.7 Å². The Hall–Kier alpha value is -2.13. The Kier molecular flexibility index (Phi) is 11.2. The molecular formula is C29H37NO4S3. The van der Waals surface area contributed by atoms with Crippen molar-refractivity contribution in [2.24, 2.45) is 0 Å². The minimum Gasteiger partial charge on any atom is -0.206 e. The molecule has 0 bridgehead atoms. The van der Waals surface area contributed by atoms with E-state index in [1.165, 1.54) is 43.5 Å². The van der Waals surface area contributed by atoms with E-state index < -0.39 is 20.0 Å². The summed E-state index contributed by atoms with van der Waals surface area (Å²) >= 11 is 1.55. The predicted molar refractivity (Wildman–Crippen MR) is 153 cm³/mol. The van der Waals surface area contributed by atoms with Crippen LogP contribution in [0.25, 0.3) is 0 Å². The lowest BCUT2D eigenvalue weighted by Crippen LogP contribution is -2.41. The Morgan fingerprint density at radius 1 is 0.676 bits per heavy atom. The quantitative estimate of drug-likeness (QED) is 0.144. The molecule has 0 spiro atoms. The zero-order valence-electron chi connectivity index (χ0n) is 21.6. The Balaban J connectivity index is 1.94. The van der Waals surface area contributed by atoms with E-state index in [4.69, 9.17) is 0 Å². The number of aryl methyl sites for hydroxylation is 1.